The molecule has 0 radical (unpaired) electrons. The van der Waals surface area contributed by atoms with Gasteiger partial charge in [-0.25, -0.2) is 0 Å². The lowest BCUT2D eigenvalue weighted by Crippen LogP contribution is -2.33. The first-order valence-corrected chi connectivity index (χ1v) is 6.22. The molecule has 1 atom stereocenters. The van der Waals surface area contributed by atoms with Crippen molar-refractivity contribution >= 4 is 11.9 Å². The highest BCUT2D eigenvalue weighted by atomic mass is 16.5. The quantitative estimate of drug-likeness (QED) is 0.574. The first kappa shape index (κ1) is 14.7. The van der Waals surface area contributed by atoms with Crippen LogP contribution in [-0.2, 0) is 19.1 Å². The summed E-state index contributed by atoms with van der Waals surface area (Å²) < 4.78 is 10.4. The Bertz CT molecular complexity index is 379. The molecule has 0 aromatic heterocycles. The third kappa shape index (κ3) is 3.86. The van der Waals surface area contributed by atoms with Crippen LogP contribution in [-0.4, -0.2) is 24.6 Å². The van der Waals surface area contributed by atoms with E-state index in [1.807, 2.05) is 6.92 Å². The lowest BCUT2D eigenvalue weighted by molar-refractivity contribution is -0.147. The molecule has 18 heavy (non-hydrogen) atoms. The minimum Gasteiger partial charge on any atom is -0.462 e. The molecule has 0 aromatic rings. The molecule has 0 aliphatic heterocycles. The SMILES string of the molecule is CC(=O)OCC1=C(C)C[C@@H](OC(C)=O)CC1(C)C. The predicted molar refractivity (Wildman–Crippen MR) is 67.9 cm³/mol. The van der Waals surface area contributed by atoms with Crippen molar-refractivity contribution in [2.75, 3.05) is 6.61 Å². The van der Waals surface area contributed by atoms with Gasteiger partial charge in [-0.3, -0.25) is 9.59 Å². The second kappa shape index (κ2) is 5.55. The molecule has 1 rings (SSSR count). The largest absolute Gasteiger partial charge is 0.462 e. The molecule has 102 valence electrons. The molecule has 0 heterocycles. The molecule has 0 aromatic carbocycles. The van der Waals surface area contributed by atoms with Crippen LogP contribution >= 0.6 is 0 Å². The van der Waals surface area contributed by atoms with E-state index >= 15 is 0 Å². The fourth-order valence-electron chi connectivity index (χ4n) is 2.62. The smallest absolute Gasteiger partial charge is 0.302 e. The second-order valence-electron chi connectivity index (χ2n) is 5.56. The summed E-state index contributed by atoms with van der Waals surface area (Å²) in [6.45, 7) is 9.36. The maximum Gasteiger partial charge on any atom is 0.302 e. The van der Waals surface area contributed by atoms with Crippen molar-refractivity contribution < 1.29 is 19.1 Å². The Morgan fingerprint density at radius 3 is 2.33 bits per heavy atom. The van der Waals surface area contributed by atoms with Gasteiger partial charge < -0.3 is 9.47 Å². The summed E-state index contributed by atoms with van der Waals surface area (Å²) in [5, 5.41) is 0. The Kier molecular flexibility index (Phi) is 4.54. The monoisotopic (exact) mass is 254 g/mol. The summed E-state index contributed by atoms with van der Waals surface area (Å²) in [4.78, 5) is 21.9. The van der Waals surface area contributed by atoms with Crippen molar-refractivity contribution in [2.24, 2.45) is 5.41 Å². The zero-order chi connectivity index (χ0) is 13.9. The van der Waals surface area contributed by atoms with Crippen LogP contribution in [0.1, 0.15) is 47.5 Å². The molecule has 0 unspecified atom stereocenters. The molecule has 0 spiro atoms. The fourth-order valence-corrected chi connectivity index (χ4v) is 2.62. The third-order valence-electron chi connectivity index (χ3n) is 3.36. The summed E-state index contributed by atoms with van der Waals surface area (Å²) in [6.07, 6.45) is 1.42. The van der Waals surface area contributed by atoms with Crippen molar-refractivity contribution in [3.63, 3.8) is 0 Å². The molecule has 0 N–H and O–H groups in total. The topological polar surface area (TPSA) is 52.6 Å². The molecule has 1 aliphatic rings. The van der Waals surface area contributed by atoms with Gasteiger partial charge in [-0.15, -0.1) is 0 Å². The van der Waals surface area contributed by atoms with E-state index in [1.54, 1.807) is 0 Å². The van der Waals surface area contributed by atoms with Gasteiger partial charge in [0.1, 0.15) is 12.7 Å². The van der Waals surface area contributed by atoms with E-state index in [4.69, 9.17) is 9.47 Å². The van der Waals surface area contributed by atoms with Gasteiger partial charge in [0, 0.05) is 20.3 Å². The summed E-state index contributed by atoms with van der Waals surface area (Å²) >= 11 is 0. The normalized spacial score (nSPS) is 22.6. The van der Waals surface area contributed by atoms with Crippen LogP contribution in [0.15, 0.2) is 11.1 Å². The van der Waals surface area contributed by atoms with Crippen molar-refractivity contribution in [3.05, 3.63) is 11.1 Å². The highest BCUT2D eigenvalue weighted by Crippen LogP contribution is 2.41. The van der Waals surface area contributed by atoms with Crippen molar-refractivity contribution in [1.82, 2.24) is 0 Å². The Hall–Kier alpha value is -1.32. The molecular weight excluding hydrogens is 232 g/mol. The van der Waals surface area contributed by atoms with E-state index in [1.165, 1.54) is 13.8 Å². The fraction of sp³-hybridized carbons (Fsp3) is 0.714. The number of carbonyl (C=O) groups is 2. The number of hydrogen-bond donors (Lipinski definition) is 0. The highest BCUT2D eigenvalue weighted by Gasteiger charge is 2.35. The van der Waals surface area contributed by atoms with Crippen LogP contribution in [0.2, 0.25) is 0 Å². The predicted octanol–water partition coefficient (Wildman–Crippen LogP) is 2.62. The van der Waals surface area contributed by atoms with E-state index in [9.17, 15) is 9.59 Å². The van der Waals surface area contributed by atoms with Crippen LogP contribution in [0.3, 0.4) is 0 Å². The first-order chi connectivity index (χ1) is 8.22. The first-order valence-electron chi connectivity index (χ1n) is 6.22. The van der Waals surface area contributed by atoms with Crippen molar-refractivity contribution in [3.8, 4) is 0 Å². The maximum atomic E-state index is 11.0. The van der Waals surface area contributed by atoms with Gasteiger partial charge in [0.25, 0.3) is 0 Å². The van der Waals surface area contributed by atoms with Gasteiger partial charge in [-0.05, 0) is 24.3 Å². The average Bonchev–Trinajstić information content (AvgIpc) is 2.12. The third-order valence-corrected chi connectivity index (χ3v) is 3.36. The zero-order valence-corrected chi connectivity index (χ0v) is 11.8. The Morgan fingerprint density at radius 1 is 1.28 bits per heavy atom. The minimum atomic E-state index is -0.270. The van der Waals surface area contributed by atoms with Crippen LogP contribution in [0.25, 0.3) is 0 Å². The molecule has 4 nitrogen and oxygen atoms in total. The highest BCUT2D eigenvalue weighted by molar-refractivity contribution is 5.66. The minimum absolute atomic E-state index is 0.0708. The van der Waals surface area contributed by atoms with Crippen LogP contribution in [0.5, 0.6) is 0 Å². The number of hydrogen-bond acceptors (Lipinski definition) is 4. The zero-order valence-electron chi connectivity index (χ0n) is 11.8. The van der Waals surface area contributed by atoms with E-state index in [-0.39, 0.29) is 23.5 Å². The Balaban J connectivity index is 2.82. The van der Waals surface area contributed by atoms with E-state index in [0.29, 0.717) is 6.61 Å². The number of ether oxygens (including phenoxy) is 2. The van der Waals surface area contributed by atoms with Gasteiger partial charge in [0.2, 0.25) is 0 Å². The molecular formula is C14H22O4. The summed E-state index contributed by atoms with van der Waals surface area (Å²) in [6, 6.07) is 0. The van der Waals surface area contributed by atoms with Gasteiger partial charge in [0.05, 0.1) is 0 Å². The summed E-state index contributed by atoms with van der Waals surface area (Å²) in [5.41, 5.74) is 2.18. The molecule has 0 saturated heterocycles. The molecule has 0 bridgehead atoms. The lowest BCUT2D eigenvalue weighted by atomic mass is 9.72. The molecule has 0 fully saturated rings. The second-order valence-corrected chi connectivity index (χ2v) is 5.56. The maximum absolute atomic E-state index is 11.0. The standard InChI is InChI=1S/C14H22O4/c1-9-6-12(18-11(3)16)7-14(4,5)13(9)8-17-10(2)15/h12H,6-8H2,1-5H3/t12-/m1/s1. The van der Waals surface area contributed by atoms with Crippen molar-refractivity contribution in [2.45, 2.75) is 53.6 Å². The van der Waals surface area contributed by atoms with Gasteiger partial charge >= 0.3 is 11.9 Å². The van der Waals surface area contributed by atoms with Gasteiger partial charge in [-0.1, -0.05) is 19.4 Å². The van der Waals surface area contributed by atoms with Gasteiger partial charge in [-0.2, -0.15) is 0 Å². The Labute approximate surface area is 108 Å². The average molecular weight is 254 g/mol. The van der Waals surface area contributed by atoms with Crippen LogP contribution in [0, 0.1) is 5.41 Å². The number of carbonyl (C=O) groups excluding carboxylic acids is 2. The number of esters is 2. The van der Waals surface area contributed by atoms with Gasteiger partial charge in [0.15, 0.2) is 0 Å². The lowest BCUT2D eigenvalue weighted by Gasteiger charge is -2.38. The molecule has 0 saturated carbocycles. The van der Waals surface area contributed by atoms with E-state index < -0.39 is 0 Å². The molecule has 4 heteroatoms. The van der Waals surface area contributed by atoms with Crippen LogP contribution < -0.4 is 0 Å². The van der Waals surface area contributed by atoms with E-state index in [0.717, 1.165) is 24.0 Å². The van der Waals surface area contributed by atoms with E-state index in [2.05, 4.69) is 13.8 Å². The molecule has 0 amide bonds. The van der Waals surface area contributed by atoms with Crippen molar-refractivity contribution in [1.29, 1.82) is 0 Å². The number of rotatable bonds is 3. The summed E-state index contributed by atoms with van der Waals surface area (Å²) in [5.74, 6) is -0.514. The Morgan fingerprint density at radius 2 is 1.89 bits per heavy atom. The summed E-state index contributed by atoms with van der Waals surface area (Å²) in [7, 11) is 0. The molecule has 1 aliphatic carbocycles. The van der Waals surface area contributed by atoms with Crippen LogP contribution in [0.4, 0.5) is 0 Å².